The van der Waals surface area contributed by atoms with Gasteiger partial charge in [-0.2, -0.15) is 0 Å². The number of hydrogen-bond acceptors (Lipinski definition) is 6. The SMILES string of the molecule is COc1cc2c(cc1O)C(C(=O)Nc1ccccc1)=CN(Cc1cc3c(cc1Br)OCO3)C2C1CC1. The number of carbonyl (C=O) groups excluding carboxylic acids is 1. The van der Waals surface area contributed by atoms with Gasteiger partial charge in [0, 0.05) is 22.9 Å². The van der Waals surface area contributed by atoms with Gasteiger partial charge in [0.1, 0.15) is 0 Å². The van der Waals surface area contributed by atoms with E-state index in [4.69, 9.17) is 14.2 Å². The minimum absolute atomic E-state index is 0.0103. The number of hydrogen-bond donors (Lipinski definition) is 2. The zero-order valence-corrected chi connectivity index (χ0v) is 21.2. The number of halogens is 1. The van der Waals surface area contributed by atoms with Crippen LogP contribution in [0.2, 0.25) is 0 Å². The monoisotopic (exact) mass is 548 g/mol. The van der Waals surface area contributed by atoms with Crippen LogP contribution in [0.5, 0.6) is 23.0 Å². The van der Waals surface area contributed by atoms with Gasteiger partial charge in [-0.1, -0.05) is 34.1 Å². The summed E-state index contributed by atoms with van der Waals surface area (Å²) in [5.74, 6) is 2.04. The van der Waals surface area contributed by atoms with Crippen LogP contribution in [-0.2, 0) is 11.3 Å². The number of aromatic hydroxyl groups is 1. The molecular formula is C28H25BrN2O5. The van der Waals surface area contributed by atoms with E-state index in [0.717, 1.165) is 34.0 Å². The van der Waals surface area contributed by atoms with E-state index in [1.165, 1.54) is 7.11 Å². The number of rotatable bonds is 6. The minimum atomic E-state index is -0.240. The number of anilines is 1. The largest absolute Gasteiger partial charge is 0.504 e. The summed E-state index contributed by atoms with van der Waals surface area (Å²) in [7, 11) is 1.54. The van der Waals surface area contributed by atoms with Crippen molar-refractivity contribution in [1.29, 1.82) is 0 Å². The molecule has 0 aromatic heterocycles. The van der Waals surface area contributed by atoms with E-state index in [1.54, 1.807) is 6.07 Å². The molecular weight excluding hydrogens is 524 g/mol. The number of nitrogens with one attached hydrogen (secondary N) is 1. The van der Waals surface area contributed by atoms with Gasteiger partial charge in [-0.3, -0.25) is 4.79 Å². The van der Waals surface area contributed by atoms with E-state index in [9.17, 15) is 9.90 Å². The van der Waals surface area contributed by atoms with Gasteiger partial charge in [0.25, 0.3) is 5.91 Å². The molecule has 7 nitrogen and oxygen atoms in total. The summed E-state index contributed by atoms with van der Waals surface area (Å²) in [5.41, 5.74) is 3.92. The molecule has 1 amide bonds. The van der Waals surface area contributed by atoms with E-state index in [2.05, 4.69) is 26.1 Å². The fraction of sp³-hybridized carbons (Fsp3) is 0.250. The van der Waals surface area contributed by atoms with Crippen molar-refractivity contribution in [2.75, 3.05) is 19.2 Å². The Morgan fingerprint density at radius 1 is 1.14 bits per heavy atom. The zero-order valence-electron chi connectivity index (χ0n) is 19.7. The molecule has 3 aliphatic rings. The molecule has 1 fully saturated rings. The van der Waals surface area contributed by atoms with Crippen LogP contribution < -0.4 is 19.5 Å². The number of para-hydroxylation sites is 1. The molecule has 3 aromatic rings. The second kappa shape index (κ2) is 9.09. The van der Waals surface area contributed by atoms with Crippen LogP contribution in [0.4, 0.5) is 5.69 Å². The smallest absolute Gasteiger partial charge is 0.257 e. The molecule has 2 N–H and O–H groups in total. The molecule has 1 atom stereocenters. The lowest BCUT2D eigenvalue weighted by molar-refractivity contribution is -0.111. The summed E-state index contributed by atoms with van der Waals surface area (Å²) >= 11 is 3.69. The summed E-state index contributed by atoms with van der Waals surface area (Å²) < 4.78 is 17.5. The third kappa shape index (κ3) is 4.15. The standard InChI is InChI=1S/C28H25BrN2O5/c1-34-24-11-20-19(10-23(24)32)21(28(33)30-18-5-3-2-4-6-18)14-31(27(20)16-7-8-16)13-17-9-25-26(12-22(17)29)36-15-35-25/h2-6,9-12,14,16,27,32H,7-8,13,15H2,1H3,(H,30,33). The number of phenols is 1. The first-order chi connectivity index (χ1) is 17.5. The maximum absolute atomic E-state index is 13.5. The number of fused-ring (bicyclic) bond motifs is 2. The molecule has 3 aromatic carbocycles. The second-order valence-corrected chi connectivity index (χ2v) is 10.1. The van der Waals surface area contributed by atoms with E-state index >= 15 is 0 Å². The Morgan fingerprint density at radius 3 is 2.61 bits per heavy atom. The number of methoxy groups -OCH3 is 1. The van der Waals surface area contributed by atoms with Crippen LogP contribution in [0.15, 0.2) is 65.3 Å². The van der Waals surface area contributed by atoms with Crippen molar-refractivity contribution >= 4 is 33.1 Å². The number of carbonyl (C=O) groups is 1. The molecule has 184 valence electrons. The highest BCUT2D eigenvalue weighted by Crippen LogP contribution is 2.52. The summed E-state index contributed by atoms with van der Waals surface area (Å²) in [4.78, 5) is 15.8. The lowest BCUT2D eigenvalue weighted by Gasteiger charge is -2.38. The minimum Gasteiger partial charge on any atom is -0.504 e. The number of phenolic OH excluding ortho intramolecular Hbond substituents is 1. The number of nitrogens with zero attached hydrogens (tertiary/aromatic N) is 1. The van der Waals surface area contributed by atoms with Crippen LogP contribution in [0.1, 0.15) is 35.6 Å². The molecule has 2 aliphatic heterocycles. The second-order valence-electron chi connectivity index (χ2n) is 9.23. The van der Waals surface area contributed by atoms with Crippen molar-refractivity contribution in [3.8, 4) is 23.0 Å². The average molecular weight is 549 g/mol. The maximum atomic E-state index is 13.5. The van der Waals surface area contributed by atoms with Gasteiger partial charge in [0.05, 0.1) is 18.7 Å². The molecule has 1 aliphatic carbocycles. The summed E-state index contributed by atoms with van der Waals surface area (Å²) in [6.07, 6.45) is 4.13. The molecule has 0 radical (unpaired) electrons. The highest BCUT2D eigenvalue weighted by molar-refractivity contribution is 9.10. The maximum Gasteiger partial charge on any atom is 0.257 e. The average Bonchev–Trinajstić information content (AvgIpc) is 3.61. The van der Waals surface area contributed by atoms with Crippen LogP contribution in [-0.4, -0.2) is 29.8 Å². The number of ether oxygens (including phenoxy) is 3. The first kappa shape index (κ1) is 22.8. The molecule has 0 spiro atoms. The quantitative estimate of drug-likeness (QED) is 0.403. The summed E-state index contributed by atoms with van der Waals surface area (Å²) in [6.45, 7) is 0.767. The van der Waals surface area contributed by atoms with Crippen molar-refractivity contribution < 1.29 is 24.1 Å². The van der Waals surface area contributed by atoms with Crippen LogP contribution in [0, 0.1) is 5.92 Å². The Kier molecular flexibility index (Phi) is 5.76. The van der Waals surface area contributed by atoms with E-state index < -0.39 is 0 Å². The van der Waals surface area contributed by atoms with Crippen molar-refractivity contribution in [2.24, 2.45) is 5.92 Å². The Hall–Kier alpha value is -3.65. The van der Waals surface area contributed by atoms with Gasteiger partial charge in [0.15, 0.2) is 23.0 Å². The summed E-state index contributed by atoms with van der Waals surface area (Å²) in [5, 5.41) is 13.6. The van der Waals surface area contributed by atoms with Gasteiger partial charge >= 0.3 is 0 Å². The van der Waals surface area contributed by atoms with Crippen LogP contribution in [0.3, 0.4) is 0 Å². The predicted octanol–water partition coefficient (Wildman–Crippen LogP) is 5.84. The molecule has 1 unspecified atom stereocenters. The lowest BCUT2D eigenvalue weighted by Crippen LogP contribution is -2.31. The third-order valence-electron chi connectivity index (χ3n) is 6.85. The highest BCUT2D eigenvalue weighted by atomic mass is 79.9. The van der Waals surface area contributed by atoms with Gasteiger partial charge in [-0.25, -0.2) is 0 Å². The molecule has 2 heterocycles. The van der Waals surface area contributed by atoms with Gasteiger partial charge < -0.3 is 29.5 Å². The molecule has 0 bridgehead atoms. The molecule has 8 heteroatoms. The number of amides is 1. The Morgan fingerprint density at radius 2 is 1.89 bits per heavy atom. The van der Waals surface area contributed by atoms with Crippen molar-refractivity contribution in [1.82, 2.24) is 4.90 Å². The molecule has 0 saturated heterocycles. The first-order valence-electron chi connectivity index (χ1n) is 11.8. The third-order valence-corrected chi connectivity index (χ3v) is 7.59. The number of benzene rings is 3. The van der Waals surface area contributed by atoms with Crippen molar-refractivity contribution in [3.05, 3.63) is 82.0 Å². The fourth-order valence-corrected chi connectivity index (χ4v) is 5.43. The Labute approximate surface area is 217 Å². The topological polar surface area (TPSA) is 80.3 Å². The van der Waals surface area contributed by atoms with Gasteiger partial charge in [-0.05, 0) is 71.8 Å². The van der Waals surface area contributed by atoms with Crippen LogP contribution >= 0.6 is 15.9 Å². The van der Waals surface area contributed by atoms with E-state index in [-0.39, 0.29) is 24.5 Å². The van der Waals surface area contributed by atoms with E-state index in [0.29, 0.717) is 41.0 Å². The first-order valence-corrected chi connectivity index (χ1v) is 12.6. The van der Waals surface area contributed by atoms with Crippen molar-refractivity contribution in [3.63, 3.8) is 0 Å². The molecule has 6 rings (SSSR count). The summed E-state index contributed by atoms with van der Waals surface area (Å²) in [6, 6.07) is 16.8. The predicted molar refractivity (Wildman–Crippen MR) is 139 cm³/mol. The zero-order chi connectivity index (χ0) is 24.8. The molecule has 1 saturated carbocycles. The highest BCUT2D eigenvalue weighted by Gasteiger charge is 2.41. The Balaban J connectivity index is 1.43. The van der Waals surface area contributed by atoms with Crippen molar-refractivity contribution in [2.45, 2.75) is 25.4 Å². The van der Waals surface area contributed by atoms with E-state index in [1.807, 2.05) is 54.7 Å². The van der Waals surface area contributed by atoms with Gasteiger partial charge in [-0.15, -0.1) is 0 Å². The van der Waals surface area contributed by atoms with Gasteiger partial charge in [0.2, 0.25) is 6.79 Å². The molecule has 36 heavy (non-hydrogen) atoms. The normalized spacial score (nSPS) is 17.9. The fourth-order valence-electron chi connectivity index (χ4n) is 4.98. The Bertz CT molecular complexity index is 1370. The lowest BCUT2D eigenvalue weighted by atomic mass is 9.87. The van der Waals surface area contributed by atoms with Crippen LogP contribution in [0.25, 0.3) is 5.57 Å².